The standard InChI is InChI=1S/C47H30N4/c1-47-33-23-20-29(21-24-33)36-26-32(46-49-44(30-12-4-2-5-13-30)48-45(50-46)31-14-6-3-7-15-31)22-25-42(36)51-41-19-11-9-17-35(41)38-27-37(40(47)28-43(38)51)34-16-8-10-18-39(34)47/h2-28H,1H3. The van der Waals surface area contributed by atoms with Crippen LogP contribution in [-0.4, -0.2) is 19.5 Å². The van der Waals surface area contributed by atoms with Crippen LogP contribution in [0.25, 0.3) is 83.9 Å². The number of rotatable bonds is 3. The van der Waals surface area contributed by atoms with E-state index in [2.05, 4.69) is 115 Å². The maximum atomic E-state index is 5.08. The minimum absolute atomic E-state index is 0.284. The predicted octanol–water partition coefficient (Wildman–Crippen LogP) is 11.3. The summed E-state index contributed by atoms with van der Waals surface area (Å²) in [4.78, 5) is 15.1. The van der Waals surface area contributed by atoms with Crippen LogP contribution in [-0.2, 0) is 5.41 Å². The molecule has 2 aromatic heterocycles. The van der Waals surface area contributed by atoms with Gasteiger partial charge < -0.3 is 4.57 Å². The summed E-state index contributed by atoms with van der Waals surface area (Å²) in [5.74, 6) is 1.95. The maximum absolute atomic E-state index is 5.08. The van der Waals surface area contributed by atoms with Crippen LogP contribution in [0.2, 0.25) is 0 Å². The third-order valence-corrected chi connectivity index (χ3v) is 11.1. The van der Waals surface area contributed by atoms with Gasteiger partial charge in [0.05, 0.1) is 16.7 Å². The lowest BCUT2D eigenvalue weighted by Gasteiger charge is -2.28. The topological polar surface area (TPSA) is 43.6 Å². The minimum atomic E-state index is -0.284. The molecule has 0 saturated carbocycles. The van der Waals surface area contributed by atoms with Gasteiger partial charge >= 0.3 is 0 Å². The Morgan fingerprint density at radius 2 is 1.02 bits per heavy atom. The second-order valence-corrected chi connectivity index (χ2v) is 13.8. The van der Waals surface area contributed by atoms with Crippen LogP contribution in [0.1, 0.15) is 23.6 Å². The molecule has 4 nitrogen and oxygen atoms in total. The van der Waals surface area contributed by atoms with Crippen molar-refractivity contribution in [2.24, 2.45) is 0 Å². The van der Waals surface area contributed by atoms with Crippen molar-refractivity contribution in [3.8, 4) is 62.1 Å². The third kappa shape index (κ3) is 3.99. The van der Waals surface area contributed by atoms with E-state index in [1.165, 1.54) is 49.6 Å². The summed E-state index contributed by atoms with van der Waals surface area (Å²) in [6, 6.07) is 58.9. The quantitative estimate of drug-likeness (QED) is 0.191. The van der Waals surface area contributed by atoms with Crippen LogP contribution in [0.15, 0.2) is 164 Å². The maximum Gasteiger partial charge on any atom is 0.164 e. The Morgan fingerprint density at radius 3 is 1.75 bits per heavy atom. The molecule has 0 fully saturated rings. The molecule has 1 unspecified atom stereocenters. The normalized spacial score (nSPS) is 15.2. The molecule has 12 rings (SSSR count). The van der Waals surface area contributed by atoms with Gasteiger partial charge in [0.15, 0.2) is 17.5 Å². The van der Waals surface area contributed by atoms with Crippen LogP contribution < -0.4 is 0 Å². The summed E-state index contributed by atoms with van der Waals surface area (Å²) in [6.07, 6.45) is 0. The largest absolute Gasteiger partial charge is 0.309 e. The van der Waals surface area contributed by atoms with Gasteiger partial charge in [-0.05, 0) is 76.7 Å². The molecule has 0 spiro atoms. The van der Waals surface area contributed by atoms with E-state index in [0.29, 0.717) is 17.5 Å². The lowest BCUT2D eigenvalue weighted by atomic mass is 9.74. The van der Waals surface area contributed by atoms with Crippen LogP contribution in [0.4, 0.5) is 0 Å². The molecule has 1 aliphatic carbocycles. The van der Waals surface area contributed by atoms with Gasteiger partial charge in [0.25, 0.3) is 0 Å². The number of fused-ring (bicyclic) bond motifs is 6. The van der Waals surface area contributed by atoms with Gasteiger partial charge in [-0.1, -0.05) is 127 Å². The summed E-state index contributed by atoms with van der Waals surface area (Å²) in [6.45, 7) is 2.39. The van der Waals surface area contributed by atoms with Gasteiger partial charge in [-0.15, -0.1) is 0 Å². The Kier molecular flexibility index (Phi) is 5.77. The average molecular weight is 651 g/mol. The smallest absolute Gasteiger partial charge is 0.164 e. The third-order valence-electron chi connectivity index (χ3n) is 11.1. The molecule has 9 aromatic rings. The Balaban J connectivity index is 1.21. The Hall–Kier alpha value is -6.65. The van der Waals surface area contributed by atoms with Crippen LogP contribution in [0.3, 0.4) is 0 Å². The molecule has 2 aliphatic heterocycles. The van der Waals surface area contributed by atoms with E-state index >= 15 is 0 Å². The fourth-order valence-corrected chi connectivity index (χ4v) is 8.54. The summed E-state index contributed by atoms with van der Waals surface area (Å²) >= 11 is 0. The molecule has 4 heteroatoms. The van der Waals surface area contributed by atoms with Gasteiger partial charge in [0.2, 0.25) is 0 Å². The van der Waals surface area contributed by atoms with Crippen molar-refractivity contribution in [1.82, 2.24) is 19.5 Å². The lowest BCUT2D eigenvalue weighted by Crippen LogP contribution is -2.22. The molecule has 4 heterocycles. The number of para-hydroxylation sites is 1. The predicted molar refractivity (Wildman–Crippen MR) is 207 cm³/mol. The summed E-state index contributed by atoms with van der Waals surface area (Å²) in [5.41, 5.74) is 15.0. The zero-order valence-electron chi connectivity index (χ0n) is 27.9. The first kappa shape index (κ1) is 28.2. The van der Waals surface area contributed by atoms with Gasteiger partial charge in [0, 0.05) is 38.4 Å². The Labute approximate surface area is 295 Å². The van der Waals surface area contributed by atoms with Gasteiger partial charge in [0.1, 0.15) is 0 Å². The van der Waals surface area contributed by atoms with Crippen LogP contribution >= 0.6 is 0 Å². The fourth-order valence-electron chi connectivity index (χ4n) is 8.54. The first-order valence-corrected chi connectivity index (χ1v) is 17.5. The van der Waals surface area contributed by atoms with Crippen LogP contribution in [0.5, 0.6) is 0 Å². The molecule has 238 valence electrons. The van der Waals surface area contributed by atoms with E-state index in [-0.39, 0.29) is 5.41 Å². The van der Waals surface area contributed by atoms with Crippen molar-refractivity contribution >= 4 is 21.8 Å². The number of nitrogens with zero attached hydrogens (tertiary/aromatic N) is 4. The first-order chi connectivity index (χ1) is 25.1. The second kappa shape index (κ2) is 10.4. The summed E-state index contributed by atoms with van der Waals surface area (Å²) < 4.78 is 2.46. The zero-order valence-corrected chi connectivity index (χ0v) is 27.9. The van der Waals surface area contributed by atoms with Crippen molar-refractivity contribution < 1.29 is 0 Å². The van der Waals surface area contributed by atoms with Crippen LogP contribution in [0, 0.1) is 0 Å². The Morgan fingerprint density at radius 1 is 0.412 bits per heavy atom. The molecular formula is C47H30N4. The number of benzene rings is 7. The minimum Gasteiger partial charge on any atom is -0.309 e. The number of hydrogen-bond donors (Lipinski definition) is 0. The molecule has 3 aliphatic rings. The van der Waals surface area contributed by atoms with E-state index in [4.69, 9.17) is 15.0 Å². The fraction of sp³-hybridized carbons (Fsp3) is 0.0426. The highest BCUT2D eigenvalue weighted by Gasteiger charge is 2.41. The first-order valence-electron chi connectivity index (χ1n) is 17.5. The van der Waals surface area contributed by atoms with Crippen molar-refractivity contribution in [3.63, 3.8) is 0 Å². The van der Waals surface area contributed by atoms with Gasteiger partial charge in [-0.2, -0.15) is 0 Å². The monoisotopic (exact) mass is 650 g/mol. The van der Waals surface area contributed by atoms with Gasteiger partial charge in [-0.25, -0.2) is 15.0 Å². The van der Waals surface area contributed by atoms with Crippen molar-refractivity contribution in [2.75, 3.05) is 0 Å². The van der Waals surface area contributed by atoms with Crippen molar-refractivity contribution in [3.05, 3.63) is 180 Å². The van der Waals surface area contributed by atoms with Crippen molar-refractivity contribution in [1.29, 1.82) is 0 Å². The molecular weight excluding hydrogens is 621 g/mol. The highest BCUT2D eigenvalue weighted by atomic mass is 15.0. The molecule has 1 atom stereocenters. The van der Waals surface area contributed by atoms with Gasteiger partial charge in [-0.3, -0.25) is 0 Å². The summed E-state index contributed by atoms with van der Waals surface area (Å²) in [5, 5.41) is 2.51. The molecule has 0 saturated heterocycles. The van der Waals surface area contributed by atoms with E-state index in [0.717, 1.165) is 33.5 Å². The molecule has 7 aromatic carbocycles. The molecule has 0 radical (unpaired) electrons. The summed E-state index contributed by atoms with van der Waals surface area (Å²) in [7, 11) is 0. The van der Waals surface area contributed by atoms with E-state index < -0.39 is 0 Å². The van der Waals surface area contributed by atoms with E-state index in [1.807, 2.05) is 60.7 Å². The van der Waals surface area contributed by atoms with E-state index in [9.17, 15) is 0 Å². The Bertz CT molecular complexity index is 2800. The highest BCUT2D eigenvalue weighted by Crippen LogP contribution is 2.55. The highest BCUT2D eigenvalue weighted by molar-refractivity contribution is 6.12. The second-order valence-electron chi connectivity index (χ2n) is 13.8. The lowest BCUT2D eigenvalue weighted by molar-refractivity contribution is 0.715. The van der Waals surface area contributed by atoms with Crippen molar-refractivity contribution in [2.45, 2.75) is 12.3 Å². The average Bonchev–Trinajstić information content (AvgIpc) is 3.65. The number of aromatic nitrogens is 4. The molecule has 4 bridgehead atoms. The zero-order chi connectivity index (χ0) is 33.7. The van der Waals surface area contributed by atoms with E-state index in [1.54, 1.807) is 0 Å². The SMILES string of the molecule is CC12c3ccc(cc3)-c3cc(-c4nc(-c5ccccc5)nc(-c5ccccc5)n4)ccc3-n3c4ccccc4c4cc(c1cc43)-c1ccccc12. The molecule has 0 amide bonds. The molecule has 0 N–H and O–H groups in total. The number of hydrogen-bond acceptors (Lipinski definition) is 3. The molecule has 51 heavy (non-hydrogen) atoms.